The molecule has 0 aromatic rings. The van der Waals surface area contributed by atoms with Gasteiger partial charge in [0, 0.05) is 4.57 Å². The molecule has 0 aliphatic rings. The van der Waals surface area contributed by atoms with Crippen LogP contribution in [-0.4, -0.2) is 10.5 Å². The van der Waals surface area contributed by atoms with Crippen molar-refractivity contribution in [2.24, 2.45) is 10.8 Å². The molecule has 0 aromatic carbocycles. The van der Waals surface area contributed by atoms with E-state index in [-0.39, 0.29) is 10.8 Å². The molecule has 0 saturated carbocycles. The quantitative estimate of drug-likeness (QED) is 0.679. The second-order valence-corrected chi connectivity index (χ2v) is 7.15. The Hall–Kier alpha value is 0.0200. The monoisotopic (exact) mass is 263 g/mol. The van der Waals surface area contributed by atoms with Crippen molar-refractivity contribution in [2.75, 3.05) is 0 Å². The summed E-state index contributed by atoms with van der Waals surface area (Å²) in [6.07, 6.45) is 2.71. The van der Waals surface area contributed by atoms with E-state index in [0.29, 0.717) is 0 Å². The van der Waals surface area contributed by atoms with E-state index in [1.165, 1.54) is 0 Å². The first-order valence-electron chi connectivity index (χ1n) is 6.35. The molecule has 2 atom stereocenters. The van der Waals surface area contributed by atoms with Gasteiger partial charge in [-0.3, -0.25) is 0 Å². The molecule has 0 aromatic heterocycles. The van der Waals surface area contributed by atoms with Crippen LogP contribution < -0.4 is 0 Å². The average Bonchev–Trinajstić information content (AvgIpc) is 2.15. The summed E-state index contributed by atoms with van der Waals surface area (Å²) in [6.45, 7) is 14.7. The Labute approximate surface area is 107 Å². The molecule has 0 amide bonds. The number of rotatable bonds is 7. The van der Waals surface area contributed by atoms with Gasteiger partial charge in [-0.25, -0.2) is 0 Å². The summed E-state index contributed by atoms with van der Waals surface area (Å²) < 4.78 is 16.5. The third-order valence-corrected chi connectivity index (χ3v) is 4.93. The first-order valence-corrected chi connectivity index (χ1v) is 7.48. The fourth-order valence-corrected chi connectivity index (χ4v) is 2.64. The van der Waals surface area contributed by atoms with Gasteiger partial charge in [-0.1, -0.05) is 48.0 Å². The smallest absolute Gasteiger partial charge is 0.133 e. The molecule has 0 spiro atoms. The third kappa shape index (κ3) is 4.65. The average molecular weight is 263 g/mol. The Bertz CT molecular complexity index is 274. The molecule has 1 N–H and O–H groups in total. The minimum Gasteiger partial charge on any atom is -0.133 e. The van der Waals surface area contributed by atoms with Gasteiger partial charge in [0.25, 0.3) is 0 Å². The normalized spacial score (nSPS) is 17.8. The number of hydrogen-bond acceptors (Lipinski definition) is 2. The van der Waals surface area contributed by atoms with Crippen LogP contribution >= 0.6 is 8.25 Å². The van der Waals surface area contributed by atoms with Crippen molar-refractivity contribution in [1.82, 2.24) is 0 Å². The molecule has 17 heavy (non-hydrogen) atoms. The molecule has 0 aliphatic heterocycles. The van der Waals surface area contributed by atoms with Crippen molar-refractivity contribution in [3.8, 4) is 0 Å². The minimum atomic E-state index is -2.57. The van der Waals surface area contributed by atoms with Gasteiger partial charge in [0.15, 0.2) is 0 Å². The highest BCUT2D eigenvalue weighted by Crippen LogP contribution is 2.48. The van der Waals surface area contributed by atoms with Crippen LogP contribution in [0.25, 0.3) is 0 Å². The highest BCUT2D eigenvalue weighted by molar-refractivity contribution is 7.32. The second kappa shape index (κ2) is 5.77. The second-order valence-electron chi connectivity index (χ2n) is 6.49. The number of hydrogen-bond donors (Lipinski definition) is 1. The lowest BCUT2D eigenvalue weighted by Crippen LogP contribution is -2.45. The zero-order valence-corrected chi connectivity index (χ0v) is 13.2. The van der Waals surface area contributed by atoms with E-state index >= 15 is 0 Å². The fraction of sp³-hybridized carbons (Fsp3) is 1.00. The van der Waals surface area contributed by atoms with Gasteiger partial charge in [-0.05, 0) is 30.6 Å². The van der Waals surface area contributed by atoms with Crippen LogP contribution in [0.15, 0.2) is 0 Å². The van der Waals surface area contributed by atoms with Gasteiger partial charge in [-0.15, -0.1) is 9.42 Å². The third-order valence-electron chi connectivity index (χ3n) is 4.37. The van der Waals surface area contributed by atoms with E-state index in [1.807, 2.05) is 6.92 Å². The zero-order valence-electron chi connectivity index (χ0n) is 12.3. The molecule has 2 unspecified atom stereocenters. The Kier molecular flexibility index (Phi) is 5.78. The summed E-state index contributed by atoms with van der Waals surface area (Å²) >= 11 is 0. The van der Waals surface area contributed by atoms with Crippen molar-refractivity contribution in [3.63, 3.8) is 0 Å². The summed E-state index contributed by atoms with van der Waals surface area (Å²) in [5, 5.41) is 0. The molecule has 0 aliphatic carbocycles. The molecule has 0 saturated heterocycles. The van der Waals surface area contributed by atoms with E-state index in [1.54, 1.807) is 0 Å². The van der Waals surface area contributed by atoms with Crippen molar-refractivity contribution in [1.29, 1.82) is 0 Å². The van der Waals surface area contributed by atoms with E-state index in [4.69, 9.17) is 9.42 Å². The van der Waals surface area contributed by atoms with Gasteiger partial charge in [-0.2, -0.15) is 0 Å². The maximum absolute atomic E-state index is 11.1. The summed E-state index contributed by atoms with van der Waals surface area (Å²) in [5.41, 5.74) is -0.608. The van der Waals surface area contributed by atoms with Crippen LogP contribution in [0.2, 0.25) is 0 Å². The predicted octanol–water partition coefficient (Wildman–Crippen LogP) is 4.67. The molecule has 0 bridgehead atoms. The van der Waals surface area contributed by atoms with Crippen LogP contribution in [0.4, 0.5) is 0 Å². The Morgan fingerprint density at radius 3 is 1.82 bits per heavy atom. The van der Waals surface area contributed by atoms with Gasteiger partial charge in [0.1, 0.15) is 5.60 Å². The van der Waals surface area contributed by atoms with Gasteiger partial charge < -0.3 is 0 Å². The van der Waals surface area contributed by atoms with Crippen molar-refractivity contribution in [3.05, 3.63) is 0 Å². The van der Waals surface area contributed by atoms with Crippen molar-refractivity contribution in [2.45, 2.75) is 73.3 Å². The summed E-state index contributed by atoms with van der Waals surface area (Å²) in [5.74, 6) is 0. The first-order chi connectivity index (χ1) is 7.49. The van der Waals surface area contributed by atoms with E-state index in [9.17, 15) is 4.57 Å². The first kappa shape index (κ1) is 17.0. The van der Waals surface area contributed by atoms with Crippen molar-refractivity contribution >= 4 is 8.25 Å². The molecular weight excluding hydrogens is 235 g/mol. The Morgan fingerprint density at radius 2 is 1.53 bits per heavy atom. The van der Waals surface area contributed by atoms with Crippen LogP contribution in [0, 0.1) is 10.8 Å². The van der Waals surface area contributed by atoms with Crippen molar-refractivity contribution < 1.29 is 14.0 Å². The summed E-state index contributed by atoms with van der Waals surface area (Å²) in [4.78, 5) is 9.10. The maximum Gasteiger partial charge on any atom is 0.695 e. The molecular formula is C13H28O3P+. The molecule has 0 fully saturated rings. The minimum absolute atomic E-state index is 0.104. The largest absolute Gasteiger partial charge is 0.695 e. The molecule has 102 valence electrons. The summed E-state index contributed by atoms with van der Waals surface area (Å²) in [7, 11) is -2.57. The van der Waals surface area contributed by atoms with Crippen LogP contribution in [0.5, 0.6) is 0 Å². The van der Waals surface area contributed by atoms with Crippen LogP contribution in [0.3, 0.4) is 0 Å². The zero-order chi connectivity index (χ0) is 13.9. The van der Waals surface area contributed by atoms with E-state index in [2.05, 4.69) is 41.5 Å². The lowest BCUT2D eigenvalue weighted by atomic mass is 9.66. The lowest BCUT2D eigenvalue weighted by molar-refractivity contribution is -0.0621. The SMILES string of the molecule is CCC(C)(C)CC(C)(O[P+](=O)O)C(C)(C)CC. The van der Waals surface area contributed by atoms with Gasteiger partial charge in [0.05, 0.1) is 0 Å². The molecule has 3 nitrogen and oxygen atoms in total. The topological polar surface area (TPSA) is 46.5 Å². The summed E-state index contributed by atoms with van der Waals surface area (Å²) in [6, 6.07) is 0. The molecule has 0 rings (SSSR count). The predicted molar refractivity (Wildman–Crippen MR) is 72.1 cm³/mol. The highest BCUT2D eigenvalue weighted by Gasteiger charge is 2.49. The maximum atomic E-state index is 11.1. The van der Waals surface area contributed by atoms with E-state index in [0.717, 1.165) is 19.3 Å². The standard InChI is InChI=1S/C13H27O3P/c1-8-11(3,4)10-13(7,16-17(14)15)12(5,6)9-2/h8-10H2,1-7H3/p+1. The molecule has 0 heterocycles. The van der Waals surface area contributed by atoms with Gasteiger partial charge in [0.2, 0.25) is 0 Å². The van der Waals surface area contributed by atoms with Crippen LogP contribution in [-0.2, 0) is 9.09 Å². The van der Waals surface area contributed by atoms with Crippen LogP contribution in [0.1, 0.15) is 67.7 Å². The molecule has 4 heteroatoms. The fourth-order valence-electron chi connectivity index (χ4n) is 1.98. The lowest BCUT2D eigenvalue weighted by Gasteiger charge is -2.43. The van der Waals surface area contributed by atoms with Gasteiger partial charge >= 0.3 is 8.25 Å². The highest BCUT2D eigenvalue weighted by atomic mass is 31.1. The Balaban J connectivity index is 5.18. The van der Waals surface area contributed by atoms with E-state index < -0.39 is 13.9 Å². The molecule has 0 radical (unpaired) electrons. The Morgan fingerprint density at radius 1 is 1.06 bits per heavy atom.